The van der Waals surface area contributed by atoms with Crippen LogP contribution in [0.25, 0.3) is 0 Å². The Morgan fingerprint density at radius 1 is 0.938 bits per heavy atom. The molecule has 0 heterocycles. The molecule has 2 aliphatic carbocycles. The highest BCUT2D eigenvalue weighted by Gasteiger charge is 2.40. The van der Waals surface area contributed by atoms with E-state index in [0.29, 0.717) is 0 Å². The maximum Gasteiger partial charge on any atom is 0.157 e. The van der Waals surface area contributed by atoms with Crippen LogP contribution in [0.1, 0.15) is 51.4 Å². The van der Waals surface area contributed by atoms with Crippen LogP contribution in [0.3, 0.4) is 0 Å². The highest BCUT2D eigenvalue weighted by atomic mass is 32.2. The summed E-state index contributed by atoms with van der Waals surface area (Å²) in [4.78, 5) is 0. The van der Waals surface area contributed by atoms with Gasteiger partial charge >= 0.3 is 0 Å². The SMILES string of the molecule is CNC1CCCCC1S(=O)(=O)C1CCCC1. The summed E-state index contributed by atoms with van der Waals surface area (Å²) in [6.07, 6.45) is 8.13. The van der Waals surface area contributed by atoms with E-state index in [4.69, 9.17) is 0 Å². The number of sulfone groups is 1. The molecule has 2 fully saturated rings. The van der Waals surface area contributed by atoms with Gasteiger partial charge in [-0.3, -0.25) is 0 Å². The molecule has 2 unspecified atom stereocenters. The number of rotatable bonds is 3. The van der Waals surface area contributed by atoms with Crippen LogP contribution >= 0.6 is 0 Å². The minimum absolute atomic E-state index is 0.0357. The molecule has 94 valence electrons. The van der Waals surface area contributed by atoms with Crippen LogP contribution in [0.5, 0.6) is 0 Å². The number of hydrogen-bond acceptors (Lipinski definition) is 3. The molecule has 2 aliphatic rings. The molecule has 0 radical (unpaired) electrons. The van der Waals surface area contributed by atoms with Gasteiger partial charge in [-0.15, -0.1) is 0 Å². The maximum atomic E-state index is 12.5. The van der Waals surface area contributed by atoms with Crippen molar-refractivity contribution in [3.63, 3.8) is 0 Å². The Morgan fingerprint density at radius 2 is 1.50 bits per heavy atom. The molecule has 0 amide bonds. The first-order valence-electron chi connectivity index (χ1n) is 6.56. The molecule has 0 aromatic heterocycles. The van der Waals surface area contributed by atoms with Crippen molar-refractivity contribution in [1.82, 2.24) is 5.32 Å². The maximum absolute atomic E-state index is 12.5. The molecule has 0 aromatic carbocycles. The van der Waals surface area contributed by atoms with Crippen molar-refractivity contribution < 1.29 is 8.42 Å². The molecule has 2 saturated carbocycles. The quantitative estimate of drug-likeness (QED) is 0.825. The standard InChI is InChI=1S/C12H23NO2S/c1-13-11-8-4-5-9-12(11)16(14,15)10-6-2-3-7-10/h10-13H,2-9H2,1H3. The Labute approximate surface area is 98.9 Å². The predicted molar refractivity (Wildman–Crippen MR) is 66.3 cm³/mol. The van der Waals surface area contributed by atoms with E-state index < -0.39 is 9.84 Å². The normalized spacial score (nSPS) is 33.1. The van der Waals surface area contributed by atoms with E-state index in [1.165, 1.54) is 6.42 Å². The Kier molecular flexibility index (Phi) is 3.90. The molecule has 1 N–H and O–H groups in total. The molecule has 3 nitrogen and oxygen atoms in total. The molecule has 4 heteroatoms. The van der Waals surface area contributed by atoms with E-state index in [2.05, 4.69) is 5.32 Å². The van der Waals surface area contributed by atoms with E-state index in [-0.39, 0.29) is 16.5 Å². The summed E-state index contributed by atoms with van der Waals surface area (Å²) < 4.78 is 25.0. The summed E-state index contributed by atoms with van der Waals surface area (Å²) in [7, 11) is -0.990. The lowest BCUT2D eigenvalue weighted by atomic mass is 9.95. The van der Waals surface area contributed by atoms with Crippen LogP contribution in [0.15, 0.2) is 0 Å². The fourth-order valence-corrected chi connectivity index (χ4v) is 5.99. The van der Waals surface area contributed by atoms with Crippen molar-refractivity contribution in [2.24, 2.45) is 0 Å². The molecule has 2 atom stereocenters. The van der Waals surface area contributed by atoms with Crippen molar-refractivity contribution in [3.05, 3.63) is 0 Å². The average Bonchev–Trinajstić information content (AvgIpc) is 2.83. The molecule has 2 rings (SSSR count). The first-order valence-corrected chi connectivity index (χ1v) is 8.17. The van der Waals surface area contributed by atoms with Crippen LogP contribution in [0.4, 0.5) is 0 Å². The second kappa shape index (κ2) is 5.05. The molecule has 0 aliphatic heterocycles. The van der Waals surface area contributed by atoms with Gasteiger partial charge in [-0.1, -0.05) is 25.7 Å². The molecule has 0 aromatic rings. The van der Waals surface area contributed by atoms with Crippen LogP contribution in [-0.2, 0) is 9.84 Å². The first-order chi connectivity index (χ1) is 7.66. The van der Waals surface area contributed by atoms with Gasteiger partial charge in [-0.25, -0.2) is 8.42 Å². The smallest absolute Gasteiger partial charge is 0.157 e. The molecular formula is C12H23NO2S. The Bertz CT molecular complexity index is 320. The third kappa shape index (κ3) is 2.28. The first kappa shape index (κ1) is 12.4. The summed E-state index contributed by atoms with van der Waals surface area (Å²) in [6.45, 7) is 0. The molecule has 0 bridgehead atoms. The van der Waals surface area contributed by atoms with Gasteiger partial charge in [0.25, 0.3) is 0 Å². The van der Waals surface area contributed by atoms with Gasteiger partial charge in [0, 0.05) is 6.04 Å². The molecule has 0 spiro atoms. The highest BCUT2D eigenvalue weighted by molar-refractivity contribution is 7.92. The van der Waals surface area contributed by atoms with Crippen LogP contribution in [-0.4, -0.2) is 32.0 Å². The topological polar surface area (TPSA) is 46.2 Å². The van der Waals surface area contributed by atoms with Gasteiger partial charge < -0.3 is 5.32 Å². The minimum Gasteiger partial charge on any atom is -0.316 e. The Balaban J connectivity index is 2.13. The fourth-order valence-electron chi connectivity index (χ4n) is 3.28. The summed E-state index contributed by atoms with van der Waals surface area (Å²) in [5, 5.41) is 3.05. The second-order valence-electron chi connectivity index (χ2n) is 5.21. The lowest BCUT2D eigenvalue weighted by Gasteiger charge is -2.32. The van der Waals surface area contributed by atoms with Crippen molar-refractivity contribution in [2.75, 3.05) is 7.05 Å². The zero-order chi connectivity index (χ0) is 11.6. The fraction of sp³-hybridized carbons (Fsp3) is 1.00. The van der Waals surface area contributed by atoms with Crippen molar-refractivity contribution in [3.8, 4) is 0 Å². The number of nitrogens with one attached hydrogen (secondary N) is 1. The molecule has 16 heavy (non-hydrogen) atoms. The molecular weight excluding hydrogens is 222 g/mol. The van der Waals surface area contributed by atoms with Gasteiger partial charge in [0.1, 0.15) is 0 Å². The largest absolute Gasteiger partial charge is 0.316 e. The summed E-state index contributed by atoms with van der Waals surface area (Å²) in [5.74, 6) is 0. The van der Waals surface area contributed by atoms with Crippen LogP contribution in [0.2, 0.25) is 0 Å². The van der Waals surface area contributed by atoms with E-state index in [1.54, 1.807) is 0 Å². The Morgan fingerprint density at radius 3 is 2.12 bits per heavy atom. The van der Waals surface area contributed by atoms with E-state index in [9.17, 15) is 8.42 Å². The van der Waals surface area contributed by atoms with Gasteiger partial charge in [0.15, 0.2) is 9.84 Å². The Hall–Kier alpha value is -0.0900. The van der Waals surface area contributed by atoms with Gasteiger partial charge in [0.05, 0.1) is 10.5 Å². The van der Waals surface area contributed by atoms with Crippen molar-refractivity contribution in [2.45, 2.75) is 67.9 Å². The number of hydrogen-bond donors (Lipinski definition) is 1. The highest BCUT2D eigenvalue weighted by Crippen LogP contribution is 2.33. The average molecular weight is 245 g/mol. The monoisotopic (exact) mass is 245 g/mol. The van der Waals surface area contributed by atoms with E-state index in [0.717, 1.165) is 44.9 Å². The van der Waals surface area contributed by atoms with Gasteiger partial charge in [-0.05, 0) is 32.7 Å². The minimum atomic E-state index is -2.89. The zero-order valence-corrected chi connectivity index (χ0v) is 10.9. The third-order valence-corrected chi connectivity index (χ3v) is 7.07. The zero-order valence-electron chi connectivity index (χ0n) is 10.1. The third-order valence-electron chi connectivity index (χ3n) is 4.26. The van der Waals surface area contributed by atoms with Gasteiger partial charge in [-0.2, -0.15) is 0 Å². The van der Waals surface area contributed by atoms with E-state index >= 15 is 0 Å². The lowest BCUT2D eigenvalue weighted by molar-refractivity contribution is 0.387. The van der Waals surface area contributed by atoms with Crippen molar-refractivity contribution in [1.29, 1.82) is 0 Å². The summed E-state index contributed by atoms with van der Waals surface area (Å²) >= 11 is 0. The van der Waals surface area contributed by atoms with Crippen molar-refractivity contribution >= 4 is 9.84 Å². The van der Waals surface area contributed by atoms with Crippen LogP contribution < -0.4 is 5.32 Å². The van der Waals surface area contributed by atoms with Gasteiger partial charge in [0.2, 0.25) is 0 Å². The second-order valence-corrected chi connectivity index (χ2v) is 7.66. The predicted octanol–water partition coefficient (Wildman–Crippen LogP) is 1.87. The van der Waals surface area contributed by atoms with Crippen LogP contribution in [0, 0.1) is 0 Å². The summed E-state index contributed by atoms with van der Waals surface area (Å²) in [5.41, 5.74) is 0. The molecule has 0 saturated heterocycles. The lowest BCUT2D eigenvalue weighted by Crippen LogP contribution is -2.47. The summed E-state index contributed by atoms with van der Waals surface area (Å²) in [6, 6.07) is 0.194. The van der Waals surface area contributed by atoms with E-state index in [1.807, 2.05) is 7.05 Å².